The lowest BCUT2D eigenvalue weighted by Crippen LogP contribution is -2.34. The van der Waals surface area contributed by atoms with E-state index in [1.54, 1.807) is 0 Å². The zero-order chi connectivity index (χ0) is 13.7. The molecule has 0 saturated heterocycles. The van der Waals surface area contributed by atoms with Gasteiger partial charge in [-0.25, -0.2) is 0 Å². The highest BCUT2D eigenvalue weighted by Crippen LogP contribution is 2.25. The van der Waals surface area contributed by atoms with Gasteiger partial charge in [-0.1, -0.05) is 44.5 Å². The summed E-state index contributed by atoms with van der Waals surface area (Å²) in [7, 11) is 0. The first-order valence-corrected chi connectivity index (χ1v) is 8.04. The average Bonchev–Trinajstić information content (AvgIpc) is 2.42. The predicted octanol–water partition coefficient (Wildman–Crippen LogP) is 4.87. The molecule has 1 atom stereocenters. The minimum Gasteiger partial charge on any atom is -0.307 e. The first kappa shape index (κ1) is 14.6. The first-order chi connectivity index (χ1) is 9.19. The monoisotopic (exact) mass is 259 g/mol. The highest BCUT2D eigenvalue weighted by atomic mass is 14.9. The Morgan fingerprint density at radius 2 is 1.74 bits per heavy atom. The molecule has 0 aromatic heterocycles. The summed E-state index contributed by atoms with van der Waals surface area (Å²) in [6, 6.07) is 10.4. The first-order valence-electron chi connectivity index (χ1n) is 8.04. The van der Waals surface area contributed by atoms with Crippen LogP contribution in [0.5, 0.6) is 0 Å². The number of aryl methyl sites for hydroxylation is 1. The molecule has 1 fully saturated rings. The van der Waals surface area contributed by atoms with Gasteiger partial charge in [-0.05, 0) is 56.1 Å². The maximum atomic E-state index is 3.81. The molecular weight excluding hydrogens is 230 g/mol. The second-order valence-corrected chi connectivity index (χ2v) is 6.34. The van der Waals surface area contributed by atoms with E-state index in [0.717, 1.165) is 12.0 Å². The van der Waals surface area contributed by atoms with E-state index in [-0.39, 0.29) is 0 Å². The van der Waals surface area contributed by atoms with Crippen LogP contribution in [0.15, 0.2) is 24.3 Å². The van der Waals surface area contributed by atoms with Crippen molar-refractivity contribution in [3.63, 3.8) is 0 Å². The molecule has 0 amide bonds. The van der Waals surface area contributed by atoms with Crippen molar-refractivity contribution in [2.75, 3.05) is 0 Å². The minimum atomic E-state index is 0.481. The third-order valence-electron chi connectivity index (χ3n) is 4.52. The lowest BCUT2D eigenvalue weighted by atomic mass is 9.87. The predicted molar refractivity (Wildman–Crippen MR) is 83.4 cm³/mol. The van der Waals surface area contributed by atoms with E-state index in [0.29, 0.717) is 6.04 Å². The third kappa shape index (κ3) is 4.35. The topological polar surface area (TPSA) is 12.0 Å². The molecule has 1 aliphatic rings. The van der Waals surface area contributed by atoms with Crippen molar-refractivity contribution in [1.29, 1.82) is 0 Å². The maximum Gasteiger partial charge on any atom is 0.0294 e. The molecule has 0 heterocycles. The lowest BCUT2D eigenvalue weighted by Gasteiger charge is -2.30. The summed E-state index contributed by atoms with van der Waals surface area (Å²) in [6.07, 6.45) is 7.90. The van der Waals surface area contributed by atoms with Crippen LogP contribution in [-0.4, -0.2) is 6.04 Å². The molecule has 1 aromatic carbocycles. The SMILES string of the molecule is CCCc1ccc(C(C)NC2CCC(C)CC2)cc1. The summed E-state index contributed by atoms with van der Waals surface area (Å²) < 4.78 is 0. The van der Waals surface area contributed by atoms with Crippen molar-refractivity contribution in [3.8, 4) is 0 Å². The summed E-state index contributed by atoms with van der Waals surface area (Å²) in [5.41, 5.74) is 2.89. The van der Waals surface area contributed by atoms with Crippen molar-refractivity contribution < 1.29 is 0 Å². The molecule has 1 saturated carbocycles. The lowest BCUT2D eigenvalue weighted by molar-refractivity contribution is 0.292. The van der Waals surface area contributed by atoms with Gasteiger partial charge in [0.05, 0.1) is 0 Å². The molecule has 0 radical (unpaired) electrons. The van der Waals surface area contributed by atoms with Gasteiger partial charge in [0.1, 0.15) is 0 Å². The second kappa shape index (κ2) is 7.09. The Morgan fingerprint density at radius 1 is 1.11 bits per heavy atom. The van der Waals surface area contributed by atoms with Gasteiger partial charge in [0.25, 0.3) is 0 Å². The average molecular weight is 259 g/mol. The number of benzene rings is 1. The van der Waals surface area contributed by atoms with Crippen molar-refractivity contribution in [2.45, 2.75) is 71.4 Å². The van der Waals surface area contributed by atoms with Gasteiger partial charge in [0.2, 0.25) is 0 Å². The minimum absolute atomic E-state index is 0.481. The third-order valence-corrected chi connectivity index (χ3v) is 4.52. The number of hydrogen-bond acceptors (Lipinski definition) is 1. The van der Waals surface area contributed by atoms with Crippen LogP contribution in [0, 0.1) is 5.92 Å². The van der Waals surface area contributed by atoms with Crippen molar-refractivity contribution in [2.24, 2.45) is 5.92 Å². The fourth-order valence-electron chi connectivity index (χ4n) is 3.14. The standard InChI is InChI=1S/C18H29N/c1-4-5-16-8-10-17(11-9-16)15(3)19-18-12-6-14(2)7-13-18/h8-11,14-15,18-19H,4-7,12-13H2,1-3H3. The highest BCUT2D eigenvalue weighted by Gasteiger charge is 2.19. The largest absolute Gasteiger partial charge is 0.307 e. The van der Waals surface area contributed by atoms with Crippen LogP contribution in [0.1, 0.15) is 70.0 Å². The van der Waals surface area contributed by atoms with Crippen LogP contribution in [0.4, 0.5) is 0 Å². The van der Waals surface area contributed by atoms with Crippen LogP contribution >= 0.6 is 0 Å². The summed E-state index contributed by atoms with van der Waals surface area (Å²) >= 11 is 0. The molecule has 1 aromatic rings. The molecule has 0 bridgehead atoms. The van der Waals surface area contributed by atoms with Crippen LogP contribution < -0.4 is 5.32 Å². The van der Waals surface area contributed by atoms with Crippen molar-refractivity contribution in [3.05, 3.63) is 35.4 Å². The van der Waals surface area contributed by atoms with E-state index in [1.165, 1.54) is 49.7 Å². The van der Waals surface area contributed by atoms with Crippen LogP contribution in [0.2, 0.25) is 0 Å². The van der Waals surface area contributed by atoms with E-state index in [4.69, 9.17) is 0 Å². The Balaban J connectivity index is 1.86. The van der Waals surface area contributed by atoms with Gasteiger partial charge in [0, 0.05) is 12.1 Å². The van der Waals surface area contributed by atoms with E-state index in [2.05, 4.69) is 50.4 Å². The van der Waals surface area contributed by atoms with Crippen molar-refractivity contribution in [1.82, 2.24) is 5.32 Å². The van der Waals surface area contributed by atoms with Crippen LogP contribution in [0.25, 0.3) is 0 Å². The quantitative estimate of drug-likeness (QED) is 0.795. The number of rotatable bonds is 5. The highest BCUT2D eigenvalue weighted by molar-refractivity contribution is 5.24. The molecule has 19 heavy (non-hydrogen) atoms. The van der Waals surface area contributed by atoms with E-state index in [9.17, 15) is 0 Å². The van der Waals surface area contributed by atoms with Crippen LogP contribution in [0.3, 0.4) is 0 Å². The Labute approximate surface area is 118 Å². The van der Waals surface area contributed by atoms with Gasteiger partial charge in [-0.2, -0.15) is 0 Å². The summed E-state index contributed by atoms with van der Waals surface area (Å²) in [5.74, 6) is 0.932. The Kier molecular flexibility index (Phi) is 5.45. The van der Waals surface area contributed by atoms with Gasteiger partial charge in [-0.3, -0.25) is 0 Å². The van der Waals surface area contributed by atoms with E-state index < -0.39 is 0 Å². The molecule has 0 spiro atoms. The smallest absolute Gasteiger partial charge is 0.0294 e. The molecule has 1 unspecified atom stereocenters. The summed E-state index contributed by atoms with van der Waals surface area (Å²) in [5, 5.41) is 3.81. The second-order valence-electron chi connectivity index (χ2n) is 6.34. The summed E-state index contributed by atoms with van der Waals surface area (Å²) in [6.45, 7) is 6.92. The Hall–Kier alpha value is -0.820. The molecule has 106 valence electrons. The maximum absolute atomic E-state index is 3.81. The normalized spacial score (nSPS) is 25.2. The molecule has 1 heteroatoms. The molecule has 1 N–H and O–H groups in total. The van der Waals surface area contributed by atoms with Gasteiger partial charge >= 0.3 is 0 Å². The molecule has 1 aliphatic carbocycles. The van der Waals surface area contributed by atoms with Crippen LogP contribution in [-0.2, 0) is 6.42 Å². The zero-order valence-electron chi connectivity index (χ0n) is 12.8. The molecular formula is C18H29N. The fraction of sp³-hybridized carbons (Fsp3) is 0.667. The fourth-order valence-corrected chi connectivity index (χ4v) is 3.14. The zero-order valence-corrected chi connectivity index (χ0v) is 12.8. The van der Waals surface area contributed by atoms with Gasteiger partial charge in [-0.15, -0.1) is 0 Å². The summed E-state index contributed by atoms with van der Waals surface area (Å²) in [4.78, 5) is 0. The Morgan fingerprint density at radius 3 is 2.32 bits per heavy atom. The molecule has 1 nitrogen and oxygen atoms in total. The van der Waals surface area contributed by atoms with E-state index >= 15 is 0 Å². The van der Waals surface area contributed by atoms with Gasteiger partial charge < -0.3 is 5.32 Å². The van der Waals surface area contributed by atoms with E-state index in [1.807, 2.05) is 0 Å². The number of nitrogens with one attached hydrogen (secondary N) is 1. The van der Waals surface area contributed by atoms with Crippen molar-refractivity contribution >= 4 is 0 Å². The van der Waals surface area contributed by atoms with Gasteiger partial charge in [0.15, 0.2) is 0 Å². The molecule has 2 rings (SSSR count). The Bertz CT molecular complexity index is 360. The molecule has 0 aliphatic heterocycles. The number of hydrogen-bond donors (Lipinski definition) is 1.